The lowest BCUT2D eigenvalue weighted by Crippen LogP contribution is -2.28. The van der Waals surface area contributed by atoms with Gasteiger partial charge in [0, 0.05) is 29.2 Å². The average Bonchev–Trinajstić information content (AvgIpc) is 2.83. The Morgan fingerprint density at radius 3 is 2.74 bits per heavy atom. The minimum absolute atomic E-state index is 0.149. The van der Waals surface area contributed by atoms with Gasteiger partial charge in [-0.05, 0) is 18.1 Å². The van der Waals surface area contributed by atoms with Crippen LogP contribution in [0.15, 0.2) is 18.2 Å². The van der Waals surface area contributed by atoms with E-state index >= 15 is 0 Å². The van der Waals surface area contributed by atoms with Crippen molar-refractivity contribution in [3.63, 3.8) is 0 Å². The molecule has 146 valence electrons. The minimum Gasteiger partial charge on any atom is -0.456 e. The van der Waals surface area contributed by atoms with Crippen LogP contribution in [0.2, 0.25) is 0 Å². The third-order valence-corrected chi connectivity index (χ3v) is 4.50. The SMILES string of the molecule is C[C@H]1CC(=O)[C@H](CC(=O)OCC(=O)Nc2cc(F)ccc2F)[C@@H]1C[N+](=O)[O-]. The van der Waals surface area contributed by atoms with E-state index in [-0.39, 0.29) is 24.5 Å². The fourth-order valence-corrected chi connectivity index (χ4v) is 3.16. The van der Waals surface area contributed by atoms with Gasteiger partial charge in [0.25, 0.3) is 5.91 Å². The Hall–Kier alpha value is -2.91. The van der Waals surface area contributed by atoms with E-state index in [9.17, 15) is 33.3 Å². The lowest BCUT2D eigenvalue weighted by atomic mass is 9.88. The molecule has 1 saturated carbocycles. The number of rotatable bonds is 7. The highest BCUT2D eigenvalue weighted by Gasteiger charge is 2.44. The maximum absolute atomic E-state index is 13.4. The molecule has 1 aromatic rings. The zero-order chi connectivity index (χ0) is 20.1. The van der Waals surface area contributed by atoms with Crippen LogP contribution in [0.5, 0.6) is 0 Å². The van der Waals surface area contributed by atoms with Gasteiger partial charge in [-0.1, -0.05) is 6.92 Å². The predicted octanol–water partition coefficient (Wildman–Crippen LogP) is 1.95. The molecular formula is C17H18F2N2O6. The van der Waals surface area contributed by atoms with Crippen LogP contribution < -0.4 is 5.32 Å². The summed E-state index contributed by atoms with van der Waals surface area (Å²) in [4.78, 5) is 45.8. The smallest absolute Gasteiger partial charge is 0.307 e. The monoisotopic (exact) mass is 384 g/mol. The van der Waals surface area contributed by atoms with E-state index in [1.54, 1.807) is 6.92 Å². The number of benzene rings is 1. The van der Waals surface area contributed by atoms with Crippen molar-refractivity contribution in [1.82, 2.24) is 0 Å². The summed E-state index contributed by atoms with van der Waals surface area (Å²) in [7, 11) is 0. The molecule has 0 spiro atoms. The zero-order valence-corrected chi connectivity index (χ0v) is 14.4. The van der Waals surface area contributed by atoms with Crippen LogP contribution in [-0.2, 0) is 19.1 Å². The van der Waals surface area contributed by atoms with Crippen molar-refractivity contribution in [2.24, 2.45) is 17.8 Å². The Labute approximate surface area is 153 Å². The summed E-state index contributed by atoms with van der Waals surface area (Å²) in [5, 5.41) is 12.8. The van der Waals surface area contributed by atoms with Crippen molar-refractivity contribution < 1.29 is 32.8 Å². The lowest BCUT2D eigenvalue weighted by Gasteiger charge is -2.17. The number of ether oxygens (including phenoxy) is 1. The summed E-state index contributed by atoms with van der Waals surface area (Å²) in [6.07, 6.45) is -0.223. The summed E-state index contributed by atoms with van der Waals surface area (Å²) in [6, 6.07) is 2.49. The number of anilines is 1. The fourth-order valence-electron chi connectivity index (χ4n) is 3.16. The maximum Gasteiger partial charge on any atom is 0.307 e. The number of nitrogens with one attached hydrogen (secondary N) is 1. The standard InChI is InChI=1S/C17H18F2N2O6/c1-9-4-15(22)11(12(9)7-21(25)26)6-17(24)27-8-16(23)20-14-5-10(18)2-3-13(14)19/h2-3,5,9,11-12H,4,6-8H2,1H3,(H,20,23)/t9-,11+,12+/m0/s1. The summed E-state index contributed by atoms with van der Waals surface area (Å²) in [5.74, 6) is -5.25. The molecule has 1 fully saturated rings. The van der Waals surface area contributed by atoms with Gasteiger partial charge < -0.3 is 10.1 Å². The molecule has 1 aromatic carbocycles. The van der Waals surface area contributed by atoms with Gasteiger partial charge in [-0.3, -0.25) is 24.5 Å². The molecule has 0 bridgehead atoms. The molecule has 1 aliphatic rings. The summed E-state index contributed by atoms with van der Waals surface area (Å²) < 4.78 is 31.3. The first-order chi connectivity index (χ1) is 12.7. The minimum atomic E-state index is -0.888. The maximum atomic E-state index is 13.4. The molecule has 10 heteroatoms. The largest absolute Gasteiger partial charge is 0.456 e. The van der Waals surface area contributed by atoms with E-state index in [0.717, 1.165) is 18.2 Å². The molecule has 0 saturated heterocycles. The van der Waals surface area contributed by atoms with Crippen LogP contribution in [0.25, 0.3) is 0 Å². The van der Waals surface area contributed by atoms with E-state index < -0.39 is 59.1 Å². The van der Waals surface area contributed by atoms with Gasteiger partial charge in [0.05, 0.1) is 12.1 Å². The second kappa shape index (κ2) is 8.65. The summed E-state index contributed by atoms with van der Waals surface area (Å²) in [6.45, 7) is 0.522. The summed E-state index contributed by atoms with van der Waals surface area (Å²) >= 11 is 0. The first kappa shape index (κ1) is 20.4. The van der Waals surface area contributed by atoms with Crippen LogP contribution in [0.4, 0.5) is 14.5 Å². The first-order valence-electron chi connectivity index (χ1n) is 8.22. The highest BCUT2D eigenvalue weighted by atomic mass is 19.1. The molecule has 0 unspecified atom stereocenters. The van der Waals surface area contributed by atoms with Gasteiger partial charge in [-0.15, -0.1) is 0 Å². The van der Waals surface area contributed by atoms with Gasteiger partial charge in [-0.25, -0.2) is 8.78 Å². The van der Waals surface area contributed by atoms with Gasteiger partial charge in [-0.2, -0.15) is 0 Å². The van der Waals surface area contributed by atoms with Crippen LogP contribution in [-0.4, -0.2) is 35.7 Å². The van der Waals surface area contributed by atoms with E-state index in [1.165, 1.54) is 0 Å². The molecule has 3 atom stereocenters. The molecule has 0 heterocycles. The molecule has 0 aliphatic heterocycles. The third-order valence-electron chi connectivity index (χ3n) is 4.50. The molecular weight excluding hydrogens is 366 g/mol. The van der Waals surface area contributed by atoms with Crippen molar-refractivity contribution in [1.29, 1.82) is 0 Å². The number of amides is 1. The number of halogens is 2. The number of carbonyl (C=O) groups is 3. The highest BCUT2D eigenvalue weighted by Crippen LogP contribution is 2.36. The average molecular weight is 384 g/mol. The van der Waals surface area contributed by atoms with E-state index in [2.05, 4.69) is 5.32 Å². The number of hydrogen-bond donors (Lipinski definition) is 1. The van der Waals surface area contributed by atoms with Crippen LogP contribution in [0.3, 0.4) is 0 Å². The Morgan fingerprint density at radius 2 is 2.07 bits per heavy atom. The number of ketones is 1. The van der Waals surface area contributed by atoms with E-state index in [4.69, 9.17) is 4.74 Å². The van der Waals surface area contributed by atoms with Gasteiger partial charge >= 0.3 is 5.97 Å². The molecule has 1 N–H and O–H groups in total. The van der Waals surface area contributed by atoms with Gasteiger partial charge in [0.1, 0.15) is 17.4 Å². The number of hydrogen-bond acceptors (Lipinski definition) is 6. The number of nitrogens with zero attached hydrogens (tertiary/aromatic N) is 1. The highest BCUT2D eigenvalue weighted by molar-refractivity contribution is 5.93. The first-order valence-corrected chi connectivity index (χ1v) is 8.22. The molecule has 2 rings (SSSR count). The molecule has 0 aromatic heterocycles. The molecule has 1 amide bonds. The van der Waals surface area contributed by atoms with Crippen molar-refractivity contribution >= 4 is 23.3 Å². The number of esters is 1. The molecule has 27 heavy (non-hydrogen) atoms. The summed E-state index contributed by atoms with van der Waals surface area (Å²) in [5.41, 5.74) is -0.401. The fraction of sp³-hybridized carbons (Fsp3) is 0.471. The van der Waals surface area contributed by atoms with Crippen molar-refractivity contribution in [3.8, 4) is 0 Å². The Kier molecular flexibility index (Phi) is 6.54. The molecule has 8 nitrogen and oxygen atoms in total. The van der Waals surface area contributed by atoms with Crippen molar-refractivity contribution in [2.75, 3.05) is 18.5 Å². The topological polar surface area (TPSA) is 116 Å². The second-order valence-corrected chi connectivity index (χ2v) is 6.47. The van der Waals surface area contributed by atoms with Gasteiger partial charge in [0.2, 0.25) is 6.54 Å². The van der Waals surface area contributed by atoms with Gasteiger partial charge in [0.15, 0.2) is 6.61 Å². The molecule has 0 radical (unpaired) electrons. The van der Waals surface area contributed by atoms with Crippen molar-refractivity contribution in [3.05, 3.63) is 39.9 Å². The van der Waals surface area contributed by atoms with Crippen LogP contribution in [0, 0.1) is 39.5 Å². The number of carbonyl (C=O) groups excluding carboxylic acids is 3. The third kappa shape index (κ3) is 5.53. The quantitative estimate of drug-likeness (QED) is 0.436. The normalized spacial score (nSPS) is 21.7. The van der Waals surface area contributed by atoms with Crippen molar-refractivity contribution in [2.45, 2.75) is 19.8 Å². The van der Waals surface area contributed by atoms with E-state index in [1.807, 2.05) is 0 Å². The predicted molar refractivity (Wildman–Crippen MR) is 88.2 cm³/mol. The lowest BCUT2D eigenvalue weighted by molar-refractivity contribution is -0.490. The molecule has 1 aliphatic carbocycles. The Morgan fingerprint density at radius 1 is 1.37 bits per heavy atom. The number of nitro groups is 1. The van der Waals surface area contributed by atoms with Crippen LogP contribution in [0.1, 0.15) is 19.8 Å². The zero-order valence-electron chi connectivity index (χ0n) is 14.4. The Balaban J connectivity index is 1.87. The van der Waals surface area contributed by atoms with Crippen LogP contribution >= 0.6 is 0 Å². The van der Waals surface area contributed by atoms with E-state index in [0.29, 0.717) is 0 Å². The Bertz CT molecular complexity index is 770. The second-order valence-electron chi connectivity index (χ2n) is 6.47. The number of Topliss-reactive ketones (excluding diaryl/α,β-unsaturated/α-hetero) is 1.